The Balaban J connectivity index is 1.82. The molecule has 1 aromatic carbocycles. The number of piperidine rings is 1. The molecule has 1 aromatic rings. The van der Waals surface area contributed by atoms with Gasteiger partial charge in [0.25, 0.3) is 0 Å². The molecule has 1 heterocycles. The zero-order valence-corrected chi connectivity index (χ0v) is 12.8. The van der Waals surface area contributed by atoms with Crippen molar-refractivity contribution in [1.82, 2.24) is 4.90 Å². The Kier molecular flexibility index (Phi) is 5.03. The number of ether oxygens (including phenoxy) is 1. The number of nitrogens with zero attached hydrogens (tertiary/aromatic N) is 2. The van der Waals surface area contributed by atoms with Crippen LogP contribution in [0.25, 0.3) is 0 Å². The van der Waals surface area contributed by atoms with E-state index in [0.717, 1.165) is 44.8 Å². The van der Waals surface area contributed by atoms with E-state index in [1.165, 1.54) is 16.7 Å². The largest absolute Gasteiger partial charge is 0.492 e. The van der Waals surface area contributed by atoms with Crippen molar-refractivity contribution < 1.29 is 4.74 Å². The molecule has 108 valence electrons. The Bertz CT molecular complexity index is 496. The lowest BCUT2D eigenvalue weighted by Crippen LogP contribution is -2.36. The minimum Gasteiger partial charge on any atom is -0.492 e. The Morgan fingerprint density at radius 3 is 2.50 bits per heavy atom. The van der Waals surface area contributed by atoms with E-state index in [9.17, 15) is 0 Å². The van der Waals surface area contributed by atoms with Crippen LogP contribution in [0.5, 0.6) is 5.75 Å². The van der Waals surface area contributed by atoms with Gasteiger partial charge in [-0.25, -0.2) is 0 Å². The highest BCUT2D eigenvalue weighted by atomic mass is 16.5. The van der Waals surface area contributed by atoms with E-state index < -0.39 is 0 Å². The zero-order chi connectivity index (χ0) is 14.5. The number of hydrogen-bond donors (Lipinski definition) is 0. The molecule has 1 fully saturated rings. The first-order chi connectivity index (χ1) is 9.61. The second-order valence-electron chi connectivity index (χ2n) is 5.75. The summed E-state index contributed by atoms with van der Waals surface area (Å²) in [5, 5.41) is 8.90. The van der Waals surface area contributed by atoms with Gasteiger partial charge >= 0.3 is 0 Å². The third kappa shape index (κ3) is 3.52. The highest BCUT2D eigenvalue weighted by Crippen LogP contribution is 2.25. The van der Waals surface area contributed by atoms with Crippen molar-refractivity contribution in [3.63, 3.8) is 0 Å². The van der Waals surface area contributed by atoms with Gasteiger partial charge < -0.3 is 4.74 Å². The van der Waals surface area contributed by atoms with E-state index in [0.29, 0.717) is 0 Å². The molecule has 1 aliphatic rings. The monoisotopic (exact) mass is 272 g/mol. The molecule has 0 spiro atoms. The SMILES string of the molecule is Cc1ccc(C)c(OCCN2CCC(C#N)CC2)c1C. The van der Waals surface area contributed by atoms with Crippen LogP contribution in [0.1, 0.15) is 29.5 Å². The number of benzene rings is 1. The average molecular weight is 272 g/mol. The minimum atomic E-state index is 0.258. The standard InChI is InChI=1S/C17H24N2O/c1-13-4-5-14(2)17(15(13)3)20-11-10-19-8-6-16(12-18)7-9-19/h4-5,16H,6-11H2,1-3H3. The number of aryl methyl sites for hydroxylation is 2. The molecule has 0 N–H and O–H groups in total. The van der Waals surface area contributed by atoms with Crippen LogP contribution in [0.4, 0.5) is 0 Å². The highest BCUT2D eigenvalue weighted by Gasteiger charge is 2.18. The van der Waals surface area contributed by atoms with Gasteiger partial charge in [-0.3, -0.25) is 4.90 Å². The fourth-order valence-corrected chi connectivity index (χ4v) is 2.71. The molecule has 0 bridgehead atoms. The van der Waals surface area contributed by atoms with E-state index >= 15 is 0 Å². The van der Waals surface area contributed by atoms with Crippen molar-refractivity contribution in [2.24, 2.45) is 5.92 Å². The number of nitriles is 1. The van der Waals surface area contributed by atoms with Gasteiger partial charge in [0, 0.05) is 12.5 Å². The van der Waals surface area contributed by atoms with Crippen molar-refractivity contribution >= 4 is 0 Å². The topological polar surface area (TPSA) is 36.3 Å². The van der Waals surface area contributed by atoms with Crippen LogP contribution in [-0.2, 0) is 0 Å². The second-order valence-corrected chi connectivity index (χ2v) is 5.75. The Hall–Kier alpha value is -1.53. The summed E-state index contributed by atoms with van der Waals surface area (Å²) >= 11 is 0. The average Bonchev–Trinajstić information content (AvgIpc) is 2.47. The van der Waals surface area contributed by atoms with Gasteiger partial charge in [0.15, 0.2) is 0 Å². The molecule has 2 rings (SSSR count). The predicted octanol–water partition coefficient (Wildman–Crippen LogP) is 3.23. The molecule has 1 aliphatic heterocycles. The van der Waals surface area contributed by atoms with Gasteiger partial charge in [0.2, 0.25) is 0 Å². The molecule has 0 radical (unpaired) electrons. The van der Waals surface area contributed by atoms with E-state index in [1.54, 1.807) is 0 Å². The molecular weight excluding hydrogens is 248 g/mol. The van der Waals surface area contributed by atoms with Crippen molar-refractivity contribution in [1.29, 1.82) is 5.26 Å². The van der Waals surface area contributed by atoms with E-state index in [1.807, 2.05) is 0 Å². The molecule has 0 unspecified atom stereocenters. The predicted molar refractivity (Wildman–Crippen MR) is 80.9 cm³/mol. The molecule has 20 heavy (non-hydrogen) atoms. The third-order valence-electron chi connectivity index (χ3n) is 4.30. The zero-order valence-electron chi connectivity index (χ0n) is 12.8. The van der Waals surface area contributed by atoms with Crippen molar-refractivity contribution in [3.8, 4) is 11.8 Å². The Labute approximate surface area is 122 Å². The molecular formula is C17H24N2O. The molecule has 3 nitrogen and oxygen atoms in total. The maximum absolute atomic E-state index is 8.90. The summed E-state index contributed by atoms with van der Waals surface area (Å²) in [5.74, 6) is 1.30. The van der Waals surface area contributed by atoms with Crippen LogP contribution in [0.2, 0.25) is 0 Å². The normalized spacial score (nSPS) is 16.9. The second kappa shape index (κ2) is 6.76. The number of hydrogen-bond acceptors (Lipinski definition) is 3. The van der Waals surface area contributed by atoms with Gasteiger partial charge in [-0.05, 0) is 63.4 Å². The lowest BCUT2D eigenvalue weighted by Gasteiger charge is -2.29. The van der Waals surface area contributed by atoms with Crippen molar-refractivity contribution in [2.75, 3.05) is 26.2 Å². The van der Waals surface area contributed by atoms with Gasteiger partial charge in [0.05, 0.1) is 6.07 Å². The van der Waals surface area contributed by atoms with E-state index in [2.05, 4.69) is 43.9 Å². The van der Waals surface area contributed by atoms with Crippen LogP contribution in [0, 0.1) is 38.0 Å². The lowest BCUT2D eigenvalue weighted by atomic mass is 9.99. The number of likely N-dealkylation sites (tertiary alicyclic amines) is 1. The summed E-state index contributed by atoms with van der Waals surface area (Å²) in [6.45, 7) is 10.1. The highest BCUT2D eigenvalue weighted by molar-refractivity contribution is 5.44. The first kappa shape index (κ1) is 14.9. The van der Waals surface area contributed by atoms with Gasteiger partial charge in [0.1, 0.15) is 12.4 Å². The molecule has 0 aliphatic carbocycles. The fraction of sp³-hybridized carbons (Fsp3) is 0.588. The molecule has 0 atom stereocenters. The third-order valence-corrected chi connectivity index (χ3v) is 4.30. The fourth-order valence-electron chi connectivity index (χ4n) is 2.71. The van der Waals surface area contributed by atoms with Gasteiger partial charge in [-0.2, -0.15) is 5.26 Å². The summed E-state index contributed by atoms with van der Waals surface area (Å²) in [4.78, 5) is 2.40. The Morgan fingerprint density at radius 2 is 1.85 bits per heavy atom. The summed E-state index contributed by atoms with van der Waals surface area (Å²) in [6.07, 6.45) is 2.00. The molecule has 0 aromatic heterocycles. The van der Waals surface area contributed by atoms with Crippen molar-refractivity contribution in [2.45, 2.75) is 33.6 Å². The van der Waals surface area contributed by atoms with Crippen LogP contribution < -0.4 is 4.74 Å². The molecule has 3 heteroatoms. The molecule has 1 saturated heterocycles. The van der Waals surface area contributed by atoms with Gasteiger partial charge in [-0.15, -0.1) is 0 Å². The van der Waals surface area contributed by atoms with Crippen LogP contribution in [-0.4, -0.2) is 31.1 Å². The van der Waals surface area contributed by atoms with Crippen LogP contribution in [0.3, 0.4) is 0 Å². The lowest BCUT2D eigenvalue weighted by molar-refractivity contribution is 0.168. The summed E-state index contributed by atoms with van der Waals surface area (Å²) in [7, 11) is 0. The van der Waals surface area contributed by atoms with Crippen LogP contribution >= 0.6 is 0 Å². The van der Waals surface area contributed by atoms with E-state index in [4.69, 9.17) is 10.00 Å². The molecule has 0 saturated carbocycles. The van der Waals surface area contributed by atoms with Gasteiger partial charge in [-0.1, -0.05) is 12.1 Å². The van der Waals surface area contributed by atoms with E-state index in [-0.39, 0.29) is 5.92 Å². The first-order valence-electron chi connectivity index (χ1n) is 7.43. The van der Waals surface area contributed by atoms with Crippen molar-refractivity contribution in [3.05, 3.63) is 28.8 Å². The minimum absolute atomic E-state index is 0.258. The maximum atomic E-state index is 8.90. The maximum Gasteiger partial charge on any atom is 0.125 e. The number of rotatable bonds is 4. The summed E-state index contributed by atoms with van der Waals surface area (Å²) in [6, 6.07) is 6.63. The summed E-state index contributed by atoms with van der Waals surface area (Å²) in [5.41, 5.74) is 3.73. The first-order valence-corrected chi connectivity index (χ1v) is 7.43. The quantitative estimate of drug-likeness (QED) is 0.844. The molecule has 0 amide bonds. The summed E-state index contributed by atoms with van der Waals surface area (Å²) < 4.78 is 6.00. The smallest absolute Gasteiger partial charge is 0.125 e. The van der Waals surface area contributed by atoms with Crippen LogP contribution in [0.15, 0.2) is 12.1 Å². The Morgan fingerprint density at radius 1 is 1.20 bits per heavy atom.